The third-order valence-electron chi connectivity index (χ3n) is 3.85. The highest BCUT2D eigenvalue weighted by Crippen LogP contribution is 2.27. The molecule has 0 aromatic carbocycles. The minimum Gasteiger partial charge on any atom is -0.480 e. The Balaban J connectivity index is 1.66. The number of aromatic nitrogens is 6. The quantitative estimate of drug-likeness (QED) is 0.443. The summed E-state index contributed by atoms with van der Waals surface area (Å²) < 4.78 is 47.3. The average molecular weight is 460 g/mol. The molecule has 2 N–H and O–H groups in total. The summed E-state index contributed by atoms with van der Waals surface area (Å²) in [6.07, 6.45) is 5.25. The number of nitrogens with one attached hydrogen (secondary N) is 2. The molecule has 0 saturated heterocycles. The molecule has 0 unspecified atom stereocenters. The Morgan fingerprint density at radius 1 is 1.19 bits per heavy atom. The Hall–Kier alpha value is -3.82. The smallest absolute Gasteiger partial charge is 0.268 e. The number of hydrogen-bond donors (Lipinski definition) is 2. The molecule has 0 bridgehead atoms. The predicted octanol–water partition coefficient (Wildman–Crippen LogP) is 2.14. The van der Waals surface area contributed by atoms with E-state index in [1.807, 2.05) is 0 Å². The summed E-state index contributed by atoms with van der Waals surface area (Å²) in [5.41, 5.74) is 1.02. The van der Waals surface area contributed by atoms with Gasteiger partial charge in [0.25, 0.3) is 10.0 Å². The Kier molecular flexibility index (Phi) is 5.37. The summed E-state index contributed by atoms with van der Waals surface area (Å²) in [5.74, 6) is 3.53. The van der Waals surface area contributed by atoms with E-state index in [9.17, 15) is 12.8 Å². The maximum Gasteiger partial charge on any atom is 0.268 e. The van der Waals surface area contributed by atoms with Crippen LogP contribution < -0.4 is 9.46 Å². The van der Waals surface area contributed by atoms with Crippen molar-refractivity contribution in [3.05, 3.63) is 59.1 Å². The number of aromatic amines is 1. The molecule has 13 heteroatoms. The molecular formula is C18H11ClFN7O3S. The Labute approximate surface area is 180 Å². The maximum absolute atomic E-state index is 14.9. The monoisotopic (exact) mass is 459 g/mol. The van der Waals surface area contributed by atoms with Crippen molar-refractivity contribution >= 4 is 38.7 Å². The summed E-state index contributed by atoms with van der Waals surface area (Å²) >= 11 is 5.83. The SMILES string of the molecule is COc1ncc(Cl)cc1S(=O)(=O)Nc1nccc(C#Cc2cnc3nc[nH]c3n2)c1F. The average Bonchev–Trinajstić information content (AvgIpc) is 3.22. The predicted molar refractivity (Wildman–Crippen MR) is 108 cm³/mol. The van der Waals surface area contributed by atoms with Crippen LogP contribution in [0, 0.1) is 17.7 Å². The molecule has 0 spiro atoms. The van der Waals surface area contributed by atoms with Gasteiger partial charge in [0.15, 0.2) is 27.8 Å². The van der Waals surface area contributed by atoms with Crippen LogP contribution in [-0.2, 0) is 10.0 Å². The summed E-state index contributed by atoms with van der Waals surface area (Å²) in [6.45, 7) is 0. The lowest BCUT2D eigenvalue weighted by Crippen LogP contribution is -2.17. The number of methoxy groups -OCH3 is 1. The van der Waals surface area contributed by atoms with Gasteiger partial charge in [-0.1, -0.05) is 17.5 Å². The number of ether oxygens (including phenoxy) is 1. The van der Waals surface area contributed by atoms with E-state index in [2.05, 4.69) is 46.5 Å². The number of hydrogen-bond acceptors (Lipinski definition) is 8. The molecule has 10 nitrogen and oxygen atoms in total. The number of fused-ring (bicyclic) bond motifs is 1. The van der Waals surface area contributed by atoms with Gasteiger partial charge in [0.05, 0.1) is 30.2 Å². The van der Waals surface area contributed by atoms with Crippen LogP contribution in [0.3, 0.4) is 0 Å². The Bertz CT molecular complexity index is 1460. The highest BCUT2D eigenvalue weighted by Gasteiger charge is 2.24. The van der Waals surface area contributed by atoms with E-state index in [1.54, 1.807) is 0 Å². The lowest BCUT2D eigenvalue weighted by molar-refractivity contribution is 0.385. The molecule has 4 heterocycles. The number of imidazole rings is 1. The summed E-state index contributed by atoms with van der Waals surface area (Å²) in [6, 6.07) is 2.42. The van der Waals surface area contributed by atoms with E-state index in [4.69, 9.17) is 16.3 Å². The van der Waals surface area contributed by atoms with Crippen LogP contribution in [0.25, 0.3) is 11.3 Å². The molecule has 0 amide bonds. The fourth-order valence-electron chi connectivity index (χ4n) is 2.47. The minimum absolute atomic E-state index is 0.0598. The van der Waals surface area contributed by atoms with Crippen molar-refractivity contribution in [1.29, 1.82) is 0 Å². The zero-order valence-corrected chi connectivity index (χ0v) is 17.2. The fraction of sp³-hybridized carbons (Fsp3) is 0.0556. The lowest BCUT2D eigenvalue weighted by Gasteiger charge is -2.11. The largest absolute Gasteiger partial charge is 0.480 e. The second-order valence-electron chi connectivity index (χ2n) is 5.87. The first-order chi connectivity index (χ1) is 14.9. The van der Waals surface area contributed by atoms with Gasteiger partial charge in [-0.15, -0.1) is 0 Å². The second-order valence-corrected chi connectivity index (χ2v) is 7.95. The third kappa shape index (κ3) is 4.23. The highest BCUT2D eigenvalue weighted by molar-refractivity contribution is 7.92. The van der Waals surface area contributed by atoms with E-state index in [1.165, 1.54) is 38.1 Å². The van der Waals surface area contributed by atoms with Gasteiger partial charge >= 0.3 is 0 Å². The van der Waals surface area contributed by atoms with Crippen molar-refractivity contribution in [1.82, 2.24) is 29.9 Å². The van der Waals surface area contributed by atoms with E-state index >= 15 is 0 Å². The van der Waals surface area contributed by atoms with Crippen LogP contribution in [0.5, 0.6) is 5.88 Å². The zero-order chi connectivity index (χ0) is 22.0. The molecule has 4 rings (SSSR count). The van der Waals surface area contributed by atoms with E-state index in [0.717, 1.165) is 6.07 Å². The molecule has 0 fully saturated rings. The van der Waals surface area contributed by atoms with Crippen molar-refractivity contribution in [3.63, 3.8) is 0 Å². The molecule has 0 atom stereocenters. The molecule has 0 saturated carbocycles. The van der Waals surface area contributed by atoms with Crippen LogP contribution in [0.4, 0.5) is 10.2 Å². The van der Waals surface area contributed by atoms with Gasteiger partial charge in [-0.2, -0.15) is 0 Å². The molecule has 4 aromatic rings. The normalized spacial score (nSPS) is 11.1. The van der Waals surface area contributed by atoms with Gasteiger partial charge in [0.2, 0.25) is 5.88 Å². The number of pyridine rings is 2. The molecular weight excluding hydrogens is 449 g/mol. The van der Waals surface area contributed by atoms with Gasteiger partial charge in [0, 0.05) is 12.4 Å². The minimum atomic E-state index is -4.31. The molecule has 0 aliphatic carbocycles. The summed E-state index contributed by atoms with van der Waals surface area (Å²) in [4.78, 5) is 22.2. The van der Waals surface area contributed by atoms with Gasteiger partial charge in [-0.3, -0.25) is 4.72 Å². The highest BCUT2D eigenvalue weighted by atomic mass is 35.5. The molecule has 0 aliphatic rings. The second kappa shape index (κ2) is 8.13. The van der Waals surface area contributed by atoms with Crippen molar-refractivity contribution in [2.75, 3.05) is 11.8 Å². The van der Waals surface area contributed by atoms with Crippen LogP contribution >= 0.6 is 11.6 Å². The molecule has 31 heavy (non-hydrogen) atoms. The maximum atomic E-state index is 14.9. The first-order valence-corrected chi connectivity index (χ1v) is 10.3. The summed E-state index contributed by atoms with van der Waals surface area (Å²) in [7, 11) is -3.07. The topological polar surface area (TPSA) is 136 Å². The van der Waals surface area contributed by atoms with Crippen LogP contribution in [0.2, 0.25) is 5.02 Å². The first-order valence-electron chi connectivity index (χ1n) is 8.42. The number of sulfonamides is 1. The van der Waals surface area contributed by atoms with E-state index in [-0.39, 0.29) is 27.1 Å². The van der Waals surface area contributed by atoms with Gasteiger partial charge in [-0.25, -0.2) is 37.7 Å². The number of nitrogens with zero attached hydrogens (tertiary/aromatic N) is 5. The van der Waals surface area contributed by atoms with Gasteiger partial charge in [0.1, 0.15) is 5.69 Å². The van der Waals surface area contributed by atoms with Crippen molar-refractivity contribution < 1.29 is 17.5 Å². The van der Waals surface area contributed by atoms with Crippen molar-refractivity contribution in [2.24, 2.45) is 0 Å². The molecule has 4 aromatic heterocycles. The fourth-order valence-corrected chi connectivity index (χ4v) is 3.85. The van der Waals surface area contributed by atoms with Crippen molar-refractivity contribution in [2.45, 2.75) is 4.90 Å². The van der Waals surface area contributed by atoms with Crippen LogP contribution in [-0.4, -0.2) is 45.4 Å². The summed E-state index contributed by atoms with van der Waals surface area (Å²) in [5, 5.41) is 0.0598. The molecule has 156 valence electrons. The third-order valence-corrected chi connectivity index (χ3v) is 5.39. The van der Waals surface area contributed by atoms with Gasteiger partial charge < -0.3 is 9.72 Å². The zero-order valence-electron chi connectivity index (χ0n) is 15.6. The van der Waals surface area contributed by atoms with E-state index < -0.39 is 21.7 Å². The van der Waals surface area contributed by atoms with E-state index in [0.29, 0.717) is 11.3 Å². The molecule has 0 aliphatic heterocycles. The number of H-pyrrole nitrogens is 1. The van der Waals surface area contributed by atoms with Gasteiger partial charge in [-0.05, 0) is 18.1 Å². The number of anilines is 1. The van der Waals surface area contributed by atoms with Crippen LogP contribution in [0.1, 0.15) is 11.3 Å². The van der Waals surface area contributed by atoms with Crippen molar-refractivity contribution in [3.8, 4) is 17.7 Å². The first kappa shape index (κ1) is 20.5. The lowest BCUT2D eigenvalue weighted by atomic mass is 10.2. The number of halogens is 2. The Morgan fingerprint density at radius 2 is 2.03 bits per heavy atom. The number of rotatable bonds is 4. The standard InChI is InChI=1S/C18H11ClFN7O3S/c1-30-18-13(6-11(19)7-23-18)31(28,29)27-15-14(20)10(4-5-21-15)2-3-12-8-22-16-17(26-12)25-9-24-16/h4-9H,1H3,(H,21,27)(H,22,24,25,26). The molecule has 0 radical (unpaired) electrons. The van der Waals surface area contributed by atoms with Crippen LogP contribution in [0.15, 0.2) is 41.9 Å². The Morgan fingerprint density at radius 3 is 2.84 bits per heavy atom.